The summed E-state index contributed by atoms with van der Waals surface area (Å²) < 4.78 is 18.4. The normalized spacial score (nSPS) is 10.5. The fraction of sp³-hybridized carbons (Fsp3) is 0. The molecule has 0 saturated heterocycles. The number of carbonyl (C=O) groups is 1. The van der Waals surface area contributed by atoms with Crippen molar-refractivity contribution in [2.75, 3.05) is 5.32 Å². The zero-order valence-electron chi connectivity index (χ0n) is 11.1. The predicted molar refractivity (Wildman–Crippen MR) is 79.1 cm³/mol. The van der Waals surface area contributed by atoms with Crippen molar-refractivity contribution in [1.82, 2.24) is 10.2 Å². The van der Waals surface area contributed by atoms with E-state index < -0.39 is 11.7 Å². The minimum Gasteiger partial charge on any atom is -0.412 e. The van der Waals surface area contributed by atoms with Crippen LogP contribution < -0.4 is 5.32 Å². The quantitative estimate of drug-likeness (QED) is 0.798. The zero-order valence-corrected chi connectivity index (χ0v) is 11.8. The molecule has 0 bridgehead atoms. The number of carbonyl (C=O) groups excluding carboxylic acids is 1. The first-order valence-electron chi connectivity index (χ1n) is 6.29. The SMILES string of the molecule is O=C(Nc1ccccc1Cl)c1nnc(-c2cccc(F)c2)o1. The Bertz CT molecular complexity index is 835. The van der Waals surface area contributed by atoms with Gasteiger partial charge in [0, 0.05) is 5.56 Å². The molecule has 0 aliphatic rings. The van der Waals surface area contributed by atoms with Crippen molar-refractivity contribution in [2.45, 2.75) is 0 Å². The van der Waals surface area contributed by atoms with Gasteiger partial charge in [0.15, 0.2) is 0 Å². The molecular formula is C15H9ClFN3O2. The van der Waals surface area contributed by atoms with E-state index in [9.17, 15) is 9.18 Å². The lowest BCUT2D eigenvalue weighted by Crippen LogP contribution is -2.12. The molecular weight excluding hydrogens is 309 g/mol. The maximum absolute atomic E-state index is 13.2. The highest BCUT2D eigenvalue weighted by atomic mass is 35.5. The van der Waals surface area contributed by atoms with Crippen molar-refractivity contribution >= 4 is 23.2 Å². The van der Waals surface area contributed by atoms with Gasteiger partial charge in [-0.05, 0) is 30.3 Å². The molecule has 0 aliphatic heterocycles. The number of rotatable bonds is 3. The highest BCUT2D eigenvalue weighted by Crippen LogP contribution is 2.22. The van der Waals surface area contributed by atoms with Gasteiger partial charge in [-0.25, -0.2) is 4.39 Å². The van der Waals surface area contributed by atoms with Crippen molar-refractivity contribution in [2.24, 2.45) is 0 Å². The molecule has 0 saturated carbocycles. The number of amides is 1. The van der Waals surface area contributed by atoms with Gasteiger partial charge in [0.1, 0.15) is 5.82 Å². The van der Waals surface area contributed by atoms with E-state index in [2.05, 4.69) is 15.5 Å². The summed E-state index contributed by atoms with van der Waals surface area (Å²) in [5.41, 5.74) is 0.823. The molecule has 2 aromatic carbocycles. The lowest BCUT2D eigenvalue weighted by molar-refractivity contribution is 0.0991. The van der Waals surface area contributed by atoms with Crippen molar-refractivity contribution in [3.63, 3.8) is 0 Å². The number of hydrogen-bond donors (Lipinski definition) is 1. The van der Waals surface area contributed by atoms with Gasteiger partial charge in [-0.3, -0.25) is 4.79 Å². The Kier molecular flexibility index (Phi) is 3.84. The number of hydrogen-bond acceptors (Lipinski definition) is 4. The first kappa shape index (κ1) is 14.2. The Balaban J connectivity index is 1.82. The van der Waals surface area contributed by atoms with E-state index in [1.165, 1.54) is 18.2 Å². The first-order chi connectivity index (χ1) is 10.6. The smallest absolute Gasteiger partial charge is 0.313 e. The number of aromatic nitrogens is 2. The Morgan fingerprint density at radius 2 is 1.95 bits per heavy atom. The Morgan fingerprint density at radius 3 is 2.73 bits per heavy atom. The van der Waals surface area contributed by atoms with Crippen LogP contribution in [0.3, 0.4) is 0 Å². The van der Waals surface area contributed by atoms with E-state index in [1.807, 2.05) is 0 Å². The molecule has 7 heteroatoms. The van der Waals surface area contributed by atoms with Crippen molar-refractivity contribution in [3.8, 4) is 11.5 Å². The van der Waals surface area contributed by atoms with Crippen LogP contribution >= 0.6 is 11.6 Å². The lowest BCUT2D eigenvalue weighted by Gasteiger charge is -2.03. The molecule has 0 fully saturated rings. The minimum atomic E-state index is -0.594. The largest absolute Gasteiger partial charge is 0.412 e. The molecule has 3 aromatic rings. The molecule has 5 nitrogen and oxygen atoms in total. The molecule has 0 radical (unpaired) electrons. The van der Waals surface area contributed by atoms with Crippen LogP contribution in [0.5, 0.6) is 0 Å². The molecule has 110 valence electrons. The van der Waals surface area contributed by atoms with E-state index >= 15 is 0 Å². The fourth-order valence-corrected chi connectivity index (χ4v) is 1.97. The highest BCUT2D eigenvalue weighted by molar-refractivity contribution is 6.33. The molecule has 0 aliphatic carbocycles. The molecule has 1 N–H and O–H groups in total. The molecule has 1 heterocycles. The van der Waals surface area contributed by atoms with Crippen LogP contribution in [-0.4, -0.2) is 16.1 Å². The second kappa shape index (κ2) is 5.95. The van der Waals surface area contributed by atoms with Crippen LogP contribution in [0.25, 0.3) is 11.5 Å². The van der Waals surface area contributed by atoms with E-state index in [4.69, 9.17) is 16.0 Å². The Morgan fingerprint density at radius 1 is 1.14 bits per heavy atom. The molecule has 1 aromatic heterocycles. The van der Waals surface area contributed by atoms with Gasteiger partial charge < -0.3 is 9.73 Å². The second-order valence-electron chi connectivity index (χ2n) is 4.36. The van der Waals surface area contributed by atoms with E-state index in [0.717, 1.165) is 0 Å². The third-order valence-electron chi connectivity index (χ3n) is 2.81. The number of anilines is 1. The summed E-state index contributed by atoms with van der Waals surface area (Å²) in [6, 6.07) is 12.4. The average Bonchev–Trinajstić information content (AvgIpc) is 2.99. The standard InChI is InChI=1S/C15H9ClFN3O2/c16-11-6-1-2-7-12(11)18-13(21)15-20-19-14(22-15)9-4-3-5-10(17)8-9/h1-8H,(H,18,21). The molecule has 0 unspecified atom stereocenters. The van der Waals surface area contributed by atoms with Gasteiger partial charge in [-0.15, -0.1) is 10.2 Å². The van der Waals surface area contributed by atoms with Crippen LogP contribution in [0.1, 0.15) is 10.7 Å². The van der Waals surface area contributed by atoms with Crippen molar-refractivity contribution < 1.29 is 13.6 Å². The van der Waals surface area contributed by atoms with Gasteiger partial charge in [-0.1, -0.05) is 29.8 Å². The molecule has 3 rings (SSSR count). The maximum atomic E-state index is 13.2. The summed E-state index contributed by atoms with van der Waals surface area (Å²) in [5.74, 6) is -1.20. The molecule has 1 amide bonds. The molecule has 0 spiro atoms. The Hall–Kier alpha value is -2.73. The zero-order chi connectivity index (χ0) is 15.5. The topological polar surface area (TPSA) is 68.0 Å². The minimum absolute atomic E-state index is 0.0591. The number of halogens is 2. The monoisotopic (exact) mass is 317 g/mol. The third-order valence-corrected chi connectivity index (χ3v) is 3.14. The van der Waals surface area contributed by atoms with Crippen LogP contribution in [0, 0.1) is 5.82 Å². The van der Waals surface area contributed by atoms with Crippen LogP contribution in [0.2, 0.25) is 5.02 Å². The van der Waals surface area contributed by atoms with E-state index in [1.54, 1.807) is 30.3 Å². The number of para-hydroxylation sites is 1. The van der Waals surface area contributed by atoms with E-state index in [-0.39, 0.29) is 11.8 Å². The lowest BCUT2D eigenvalue weighted by atomic mass is 10.2. The number of nitrogens with zero attached hydrogens (tertiary/aromatic N) is 2. The van der Waals surface area contributed by atoms with Gasteiger partial charge >= 0.3 is 11.8 Å². The predicted octanol–water partition coefficient (Wildman–Crippen LogP) is 3.78. The summed E-state index contributed by atoms with van der Waals surface area (Å²) in [6.45, 7) is 0. The number of benzene rings is 2. The van der Waals surface area contributed by atoms with Gasteiger partial charge in [0.05, 0.1) is 10.7 Å². The summed E-state index contributed by atoms with van der Waals surface area (Å²) in [7, 11) is 0. The van der Waals surface area contributed by atoms with Gasteiger partial charge in [0.2, 0.25) is 5.89 Å². The second-order valence-corrected chi connectivity index (χ2v) is 4.76. The van der Waals surface area contributed by atoms with Crippen molar-refractivity contribution in [1.29, 1.82) is 0 Å². The highest BCUT2D eigenvalue weighted by Gasteiger charge is 2.17. The molecule has 22 heavy (non-hydrogen) atoms. The van der Waals surface area contributed by atoms with E-state index in [0.29, 0.717) is 16.3 Å². The van der Waals surface area contributed by atoms with Gasteiger partial charge in [-0.2, -0.15) is 0 Å². The summed E-state index contributed by atoms with van der Waals surface area (Å²) >= 11 is 5.95. The van der Waals surface area contributed by atoms with Crippen LogP contribution in [-0.2, 0) is 0 Å². The van der Waals surface area contributed by atoms with Gasteiger partial charge in [0.25, 0.3) is 0 Å². The molecule has 0 atom stereocenters. The summed E-state index contributed by atoms with van der Waals surface area (Å²) in [5, 5.41) is 10.3. The number of nitrogens with one attached hydrogen (secondary N) is 1. The van der Waals surface area contributed by atoms with Crippen molar-refractivity contribution in [3.05, 3.63) is 65.3 Å². The van der Waals surface area contributed by atoms with Crippen LogP contribution in [0.4, 0.5) is 10.1 Å². The van der Waals surface area contributed by atoms with Crippen LogP contribution in [0.15, 0.2) is 52.9 Å². The third kappa shape index (κ3) is 2.96. The first-order valence-corrected chi connectivity index (χ1v) is 6.66. The fourth-order valence-electron chi connectivity index (χ4n) is 1.79. The summed E-state index contributed by atoms with van der Waals surface area (Å²) in [4.78, 5) is 12.0. The summed E-state index contributed by atoms with van der Waals surface area (Å²) in [6.07, 6.45) is 0. The average molecular weight is 318 g/mol. The maximum Gasteiger partial charge on any atom is 0.313 e. The Labute approximate surface area is 129 Å².